The van der Waals surface area contributed by atoms with E-state index in [2.05, 4.69) is 25.9 Å². The standard InChI is InChI=1S/C27H24Cl2FN7O3/c1-15-5-4-8-21(27(40)31-12-16-6-2-3-7-18(16)33-26(15)39)36-14-32-19(11-23(36)38)24-20(10-9-17(28)25(24)30)37-13-22(29)34-35-37/h2-3,6-7,9-11,13-15,21H,4-5,8,12H2,1H3,(H,31,40)(H,33,39)/t15-,21+/m1/s1. The summed E-state index contributed by atoms with van der Waals surface area (Å²) in [7, 11) is 0. The summed E-state index contributed by atoms with van der Waals surface area (Å²) < 4.78 is 17.7. The SMILES string of the molecule is C[C@@H]1CCC[C@H](n2cnc(-c3c(-n4cc(Cl)nn4)ccc(Cl)c3F)cc2=O)C(=O)NCc2ccccc2NC1=O. The Hall–Kier alpha value is -4.09. The molecule has 2 amide bonds. The molecule has 1 aliphatic heterocycles. The molecule has 4 aromatic rings. The van der Waals surface area contributed by atoms with Crippen molar-refractivity contribution < 1.29 is 14.0 Å². The maximum absolute atomic E-state index is 15.3. The minimum absolute atomic E-state index is 0.00402. The molecule has 2 N–H and O–H groups in total. The summed E-state index contributed by atoms with van der Waals surface area (Å²) in [4.78, 5) is 43.7. The molecule has 0 saturated heterocycles. The monoisotopic (exact) mass is 583 g/mol. The maximum atomic E-state index is 15.3. The van der Waals surface area contributed by atoms with E-state index in [1.165, 1.54) is 33.9 Å². The zero-order valence-electron chi connectivity index (χ0n) is 21.3. The van der Waals surface area contributed by atoms with Crippen molar-refractivity contribution in [1.29, 1.82) is 0 Å². The van der Waals surface area contributed by atoms with Crippen LogP contribution in [0.2, 0.25) is 10.2 Å². The number of aromatic nitrogens is 5. The van der Waals surface area contributed by atoms with Gasteiger partial charge in [0.1, 0.15) is 6.04 Å². The Morgan fingerprint density at radius 1 is 1.05 bits per heavy atom. The molecule has 2 aromatic heterocycles. The number of hydrogen-bond donors (Lipinski definition) is 2. The number of nitrogens with zero attached hydrogens (tertiary/aromatic N) is 5. The summed E-state index contributed by atoms with van der Waals surface area (Å²) in [5.41, 5.74) is 0.932. The first-order chi connectivity index (χ1) is 19.2. The third-order valence-electron chi connectivity index (χ3n) is 6.81. The number of hydrogen-bond acceptors (Lipinski definition) is 6. The number of fused-ring (bicyclic) bond motifs is 1. The molecule has 1 aliphatic rings. The van der Waals surface area contributed by atoms with E-state index in [-0.39, 0.29) is 51.4 Å². The van der Waals surface area contributed by atoms with Gasteiger partial charge in [0.05, 0.1) is 34.5 Å². The van der Waals surface area contributed by atoms with Crippen molar-refractivity contribution in [2.45, 2.75) is 38.8 Å². The average Bonchev–Trinajstić information content (AvgIpc) is 3.37. The molecular weight excluding hydrogens is 560 g/mol. The van der Waals surface area contributed by atoms with E-state index in [0.717, 1.165) is 11.6 Å². The Morgan fingerprint density at radius 2 is 1.85 bits per heavy atom. The van der Waals surface area contributed by atoms with Gasteiger partial charge in [-0.15, -0.1) is 5.10 Å². The van der Waals surface area contributed by atoms with Crippen LogP contribution in [0.4, 0.5) is 10.1 Å². The molecule has 0 bridgehead atoms. The number of carbonyl (C=O) groups is 2. The second kappa shape index (κ2) is 11.6. The van der Waals surface area contributed by atoms with Crippen LogP contribution in [-0.2, 0) is 16.1 Å². The number of benzene rings is 2. The fraction of sp³-hybridized carbons (Fsp3) is 0.259. The van der Waals surface area contributed by atoms with Crippen LogP contribution in [0.3, 0.4) is 0 Å². The first kappa shape index (κ1) is 27.5. The predicted molar refractivity (Wildman–Crippen MR) is 148 cm³/mol. The van der Waals surface area contributed by atoms with Crippen LogP contribution in [0, 0.1) is 11.7 Å². The fourth-order valence-corrected chi connectivity index (χ4v) is 4.90. The summed E-state index contributed by atoms with van der Waals surface area (Å²) in [6, 6.07) is 10.3. The molecule has 3 heterocycles. The van der Waals surface area contributed by atoms with Gasteiger partial charge in [-0.1, -0.05) is 60.0 Å². The fourth-order valence-electron chi connectivity index (χ4n) is 4.61. The minimum Gasteiger partial charge on any atom is -0.350 e. The van der Waals surface area contributed by atoms with Crippen LogP contribution in [0.5, 0.6) is 0 Å². The third kappa shape index (κ3) is 5.61. The van der Waals surface area contributed by atoms with Gasteiger partial charge in [0.2, 0.25) is 11.8 Å². The Morgan fingerprint density at radius 3 is 2.60 bits per heavy atom. The van der Waals surface area contributed by atoms with Gasteiger partial charge < -0.3 is 10.6 Å². The number of halogens is 3. The topological polar surface area (TPSA) is 124 Å². The lowest BCUT2D eigenvalue weighted by molar-refractivity contribution is -0.124. The molecule has 0 radical (unpaired) electrons. The molecule has 5 rings (SSSR count). The van der Waals surface area contributed by atoms with Gasteiger partial charge in [-0.25, -0.2) is 14.1 Å². The van der Waals surface area contributed by atoms with Gasteiger partial charge in [-0.3, -0.25) is 19.0 Å². The van der Waals surface area contributed by atoms with E-state index in [0.29, 0.717) is 24.9 Å². The highest BCUT2D eigenvalue weighted by Gasteiger charge is 2.26. The van der Waals surface area contributed by atoms with Crippen LogP contribution in [-0.4, -0.2) is 36.4 Å². The molecule has 0 fully saturated rings. The van der Waals surface area contributed by atoms with Crippen molar-refractivity contribution in [3.63, 3.8) is 0 Å². The third-order valence-corrected chi connectivity index (χ3v) is 7.27. The number of amides is 2. The Labute approximate surface area is 238 Å². The van der Waals surface area contributed by atoms with Crippen molar-refractivity contribution in [3.05, 3.63) is 86.9 Å². The van der Waals surface area contributed by atoms with E-state index in [4.69, 9.17) is 23.2 Å². The van der Waals surface area contributed by atoms with Crippen molar-refractivity contribution in [1.82, 2.24) is 29.9 Å². The van der Waals surface area contributed by atoms with Gasteiger partial charge >= 0.3 is 0 Å². The molecule has 2 aromatic carbocycles. The number of carbonyl (C=O) groups excluding carboxylic acids is 2. The van der Waals surface area contributed by atoms with Crippen molar-refractivity contribution in [2.24, 2.45) is 5.92 Å². The zero-order valence-corrected chi connectivity index (χ0v) is 22.8. The summed E-state index contributed by atoms with van der Waals surface area (Å²) in [5, 5.41) is 13.3. The van der Waals surface area contributed by atoms with Crippen LogP contribution in [0.25, 0.3) is 16.9 Å². The first-order valence-electron chi connectivity index (χ1n) is 12.5. The van der Waals surface area contributed by atoms with Gasteiger partial charge in [-0.05, 0) is 36.6 Å². The van der Waals surface area contributed by atoms with Crippen LogP contribution in [0.1, 0.15) is 37.8 Å². The molecule has 10 nitrogen and oxygen atoms in total. The molecular formula is C27H24Cl2FN7O3. The zero-order chi connectivity index (χ0) is 28.4. The number of nitrogens with one attached hydrogen (secondary N) is 2. The summed E-state index contributed by atoms with van der Waals surface area (Å²) >= 11 is 11.9. The van der Waals surface area contributed by atoms with Crippen molar-refractivity contribution >= 4 is 40.7 Å². The second-order valence-corrected chi connectivity index (χ2v) is 10.3. The summed E-state index contributed by atoms with van der Waals surface area (Å²) in [6.07, 6.45) is 3.90. The second-order valence-electron chi connectivity index (χ2n) is 9.47. The normalized spacial score (nSPS) is 18.2. The van der Waals surface area contributed by atoms with E-state index in [1.807, 2.05) is 19.1 Å². The van der Waals surface area contributed by atoms with E-state index in [9.17, 15) is 14.4 Å². The van der Waals surface area contributed by atoms with Crippen LogP contribution < -0.4 is 16.2 Å². The van der Waals surface area contributed by atoms with E-state index >= 15 is 4.39 Å². The predicted octanol–water partition coefficient (Wildman–Crippen LogP) is 4.55. The van der Waals surface area contributed by atoms with E-state index in [1.54, 1.807) is 12.1 Å². The quantitative estimate of drug-likeness (QED) is 0.364. The molecule has 0 saturated carbocycles. The molecule has 0 unspecified atom stereocenters. The lowest BCUT2D eigenvalue weighted by atomic mass is 9.99. The molecule has 0 spiro atoms. The molecule has 2 atom stereocenters. The first-order valence-corrected chi connectivity index (χ1v) is 13.3. The number of rotatable bonds is 3. The molecule has 13 heteroatoms. The van der Waals surface area contributed by atoms with E-state index < -0.39 is 17.4 Å². The lowest BCUT2D eigenvalue weighted by Crippen LogP contribution is -2.37. The van der Waals surface area contributed by atoms with Gasteiger partial charge in [0, 0.05) is 24.2 Å². The lowest BCUT2D eigenvalue weighted by Gasteiger charge is -2.22. The van der Waals surface area contributed by atoms with Crippen LogP contribution in [0.15, 0.2) is 59.8 Å². The maximum Gasteiger partial charge on any atom is 0.254 e. The Bertz CT molecular complexity index is 1660. The molecule has 206 valence electrons. The van der Waals surface area contributed by atoms with Gasteiger partial charge in [0.25, 0.3) is 5.56 Å². The largest absolute Gasteiger partial charge is 0.350 e. The van der Waals surface area contributed by atoms with Gasteiger partial charge in [0.15, 0.2) is 11.0 Å². The number of anilines is 1. The summed E-state index contributed by atoms with van der Waals surface area (Å²) in [6.45, 7) is 1.97. The average molecular weight is 584 g/mol. The highest BCUT2D eigenvalue weighted by molar-refractivity contribution is 6.31. The highest BCUT2D eigenvalue weighted by atomic mass is 35.5. The Balaban J connectivity index is 1.50. The van der Waals surface area contributed by atoms with Crippen molar-refractivity contribution in [2.75, 3.05) is 5.32 Å². The highest BCUT2D eigenvalue weighted by Crippen LogP contribution is 2.32. The van der Waals surface area contributed by atoms with Gasteiger partial charge in [-0.2, -0.15) is 0 Å². The summed E-state index contributed by atoms with van der Waals surface area (Å²) in [5.74, 6) is -1.60. The number of para-hydroxylation sites is 1. The van der Waals surface area contributed by atoms with Crippen molar-refractivity contribution in [3.8, 4) is 16.9 Å². The Kier molecular flexibility index (Phi) is 7.95. The smallest absolute Gasteiger partial charge is 0.254 e. The minimum atomic E-state index is -0.895. The molecule has 40 heavy (non-hydrogen) atoms. The van der Waals surface area contributed by atoms with Crippen LogP contribution >= 0.6 is 23.2 Å². The molecule has 0 aliphatic carbocycles.